The van der Waals surface area contributed by atoms with E-state index in [1.807, 2.05) is 19.1 Å². The van der Waals surface area contributed by atoms with Crippen molar-refractivity contribution in [2.75, 3.05) is 0 Å². The van der Waals surface area contributed by atoms with Gasteiger partial charge in [0.25, 0.3) is 5.91 Å². The first-order valence-corrected chi connectivity index (χ1v) is 6.81. The number of benzene rings is 2. The van der Waals surface area contributed by atoms with Crippen LogP contribution in [0.4, 0.5) is 0 Å². The minimum atomic E-state index is -0.348. The number of phenols is 1. The van der Waals surface area contributed by atoms with E-state index in [9.17, 15) is 9.90 Å². The van der Waals surface area contributed by atoms with Crippen molar-refractivity contribution >= 4 is 35.3 Å². The fourth-order valence-electron chi connectivity index (χ4n) is 1.61. The van der Waals surface area contributed by atoms with E-state index in [1.165, 1.54) is 18.3 Å². The van der Waals surface area contributed by atoms with Crippen LogP contribution in [-0.2, 0) is 0 Å². The molecule has 0 aromatic heterocycles. The molecule has 0 atom stereocenters. The first kappa shape index (κ1) is 15.4. The van der Waals surface area contributed by atoms with E-state index >= 15 is 0 Å². The van der Waals surface area contributed by atoms with Gasteiger partial charge in [-0.05, 0) is 31.2 Å². The highest BCUT2D eigenvalue weighted by Gasteiger charge is 2.07. The zero-order chi connectivity index (χ0) is 15.4. The van der Waals surface area contributed by atoms with Crippen LogP contribution in [0.15, 0.2) is 41.5 Å². The summed E-state index contributed by atoms with van der Waals surface area (Å²) in [6.45, 7) is 1.94. The van der Waals surface area contributed by atoms with Gasteiger partial charge in [-0.1, -0.05) is 40.9 Å². The Morgan fingerprint density at radius 3 is 2.57 bits per heavy atom. The topological polar surface area (TPSA) is 61.7 Å². The van der Waals surface area contributed by atoms with Gasteiger partial charge in [0.2, 0.25) is 0 Å². The molecule has 0 heterocycles. The third kappa shape index (κ3) is 3.97. The lowest BCUT2D eigenvalue weighted by atomic mass is 10.1. The van der Waals surface area contributed by atoms with E-state index in [1.54, 1.807) is 12.1 Å². The second-order valence-electron chi connectivity index (χ2n) is 4.39. The Kier molecular flexibility index (Phi) is 4.83. The molecule has 0 spiro atoms. The summed E-state index contributed by atoms with van der Waals surface area (Å²) in [5, 5.41) is 14.0. The lowest BCUT2D eigenvalue weighted by Gasteiger charge is -2.03. The average molecular weight is 323 g/mol. The van der Waals surface area contributed by atoms with E-state index < -0.39 is 0 Å². The number of phenolic OH excluding ortho intramolecular Hbond substituents is 1. The molecule has 0 saturated heterocycles. The van der Waals surface area contributed by atoms with Gasteiger partial charge < -0.3 is 5.11 Å². The molecule has 0 saturated carbocycles. The van der Waals surface area contributed by atoms with Crippen LogP contribution in [0.1, 0.15) is 21.5 Å². The standard InChI is InChI=1S/C15H12Cl2N2O2/c1-9-2-4-10(5-3-9)15(21)19-18-8-11-6-12(16)7-13(17)14(11)20/h2-8,20H,1H3,(H,19,21). The Morgan fingerprint density at radius 1 is 1.24 bits per heavy atom. The highest BCUT2D eigenvalue weighted by atomic mass is 35.5. The number of hydrazone groups is 1. The Bertz CT molecular complexity index is 698. The second kappa shape index (κ2) is 6.61. The summed E-state index contributed by atoms with van der Waals surface area (Å²) in [4.78, 5) is 11.8. The van der Waals surface area contributed by atoms with Crippen LogP contribution >= 0.6 is 23.2 Å². The first-order valence-electron chi connectivity index (χ1n) is 6.05. The Morgan fingerprint density at radius 2 is 1.90 bits per heavy atom. The van der Waals surface area contributed by atoms with Gasteiger partial charge in [0.1, 0.15) is 5.75 Å². The number of nitrogens with zero attached hydrogens (tertiary/aromatic N) is 1. The maximum Gasteiger partial charge on any atom is 0.271 e. The molecule has 0 aliphatic rings. The van der Waals surface area contributed by atoms with Crippen molar-refractivity contribution in [1.82, 2.24) is 5.43 Å². The predicted molar refractivity (Wildman–Crippen MR) is 84.4 cm³/mol. The van der Waals surface area contributed by atoms with Crippen LogP contribution in [0.2, 0.25) is 10.0 Å². The smallest absolute Gasteiger partial charge is 0.271 e. The quantitative estimate of drug-likeness (QED) is 0.667. The van der Waals surface area contributed by atoms with Crippen molar-refractivity contribution in [2.24, 2.45) is 5.10 Å². The molecule has 0 fully saturated rings. The second-order valence-corrected chi connectivity index (χ2v) is 5.23. The third-order valence-electron chi connectivity index (χ3n) is 2.74. The number of carbonyl (C=O) groups excluding carboxylic acids is 1. The van der Waals surface area contributed by atoms with Gasteiger partial charge in [0, 0.05) is 16.1 Å². The zero-order valence-corrected chi connectivity index (χ0v) is 12.6. The normalized spacial score (nSPS) is 10.8. The van der Waals surface area contributed by atoms with Crippen LogP contribution in [-0.4, -0.2) is 17.2 Å². The summed E-state index contributed by atoms with van der Waals surface area (Å²) in [6, 6.07) is 9.98. The van der Waals surface area contributed by atoms with Crippen LogP contribution in [0.3, 0.4) is 0 Å². The molecule has 21 heavy (non-hydrogen) atoms. The van der Waals surface area contributed by atoms with E-state index in [0.29, 0.717) is 16.1 Å². The summed E-state index contributed by atoms with van der Waals surface area (Å²) >= 11 is 11.6. The highest BCUT2D eigenvalue weighted by Crippen LogP contribution is 2.29. The molecule has 2 rings (SSSR count). The molecule has 0 radical (unpaired) electrons. The van der Waals surface area contributed by atoms with E-state index in [2.05, 4.69) is 10.5 Å². The molecule has 4 nitrogen and oxygen atoms in total. The number of aryl methyl sites for hydroxylation is 1. The fraction of sp³-hybridized carbons (Fsp3) is 0.0667. The van der Waals surface area contributed by atoms with Crippen LogP contribution in [0.25, 0.3) is 0 Å². The summed E-state index contributed by atoms with van der Waals surface area (Å²) < 4.78 is 0. The van der Waals surface area contributed by atoms with Crippen molar-refractivity contribution in [3.63, 3.8) is 0 Å². The number of nitrogens with one attached hydrogen (secondary N) is 1. The molecule has 0 aliphatic heterocycles. The third-order valence-corrected chi connectivity index (χ3v) is 3.25. The molecule has 0 unspecified atom stereocenters. The van der Waals surface area contributed by atoms with Gasteiger partial charge in [-0.2, -0.15) is 5.10 Å². The zero-order valence-electron chi connectivity index (χ0n) is 11.1. The minimum Gasteiger partial charge on any atom is -0.506 e. The molecule has 0 bridgehead atoms. The van der Waals surface area contributed by atoms with Crippen molar-refractivity contribution in [3.8, 4) is 5.75 Å². The monoisotopic (exact) mass is 322 g/mol. The van der Waals surface area contributed by atoms with Gasteiger partial charge in [0.05, 0.1) is 11.2 Å². The molecule has 2 aromatic rings. The number of hydrogen-bond donors (Lipinski definition) is 2. The minimum absolute atomic E-state index is 0.119. The summed E-state index contributed by atoms with van der Waals surface area (Å²) in [5.74, 6) is -0.492. The van der Waals surface area contributed by atoms with Crippen LogP contribution < -0.4 is 5.43 Å². The number of amides is 1. The summed E-state index contributed by atoms with van der Waals surface area (Å²) in [6.07, 6.45) is 1.28. The van der Waals surface area contributed by atoms with Crippen molar-refractivity contribution < 1.29 is 9.90 Å². The molecule has 0 aliphatic carbocycles. The number of aromatic hydroxyl groups is 1. The molecule has 2 N–H and O–H groups in total. The van der Waals surface area contributed by atoms with Crippen molar-refractivity contribution in [1.29, 1.82) is 0 Å². The van der Waals surface area contributed by atoms with E-state index in [4.69, 9.17) is 23.2 Å². The van der Waals surface area contributed by atoms with Gasteiger partial charge >= 0.3 is 0 Å². The lowest BCUT2D eigenvalue weighted by molar-refractivity contribution is 0.0955. The average Bonchev–Trinajstić information content (AvgIpc) is 2.44. The molecule has 1 amide bonds. The SMILES string of the molecule is Cc1ccc(C(=O)NN=Cc2cc(Cl)cc(Cl)c2O)cc1. The summed E-state index contributed by atoms with van der Waals surface area (Å²) in [5.41, 5.74) is 4.24. The lowest BCUT2D eigenvalue weighted by Crippen LogP contribution is -2.17. The van der Waals surface area contributed by atoms with Gasteiger partial charge in [-0.15, -0.1) is 0 Å². The fourth-order valence-corrected chi connectivity index (χ4v) is 2.12. The van der Waals surface area contributed by atoms with E-state index in [-0.39, 0.29) is 16.7 Å². The number of rotatable bonds is 3. The Hall–Kier alpha value is -2.04. The van der Waals surface area contributed by atoms with Gasteiger partial charge in [0.15, 0.2) is 0 Å². The van der Waals surface area contributed by atoms with E-state index in [0.717, 1.165) is 5.56 Å². The predicted octanol–water partition coefficient (Wildman–Crippen LogP) is 3.77. The molecule has 108 valence electrons. The molecular weight excluding hydrogens is 311 g/mol. The van der Waals surface area contributed by atoms with Gasteiger partial charge in [-0.3, -0.25) is 4.79 Å². The Balaban J connectivity index is 2.09. The number of carbonyl (C=O) groups is 1. The van der Waals surface area contributed by atoms with Crippen molar-refractivity contribution in [3.05, 3.63) is 63.1 Å². The molecular formula is C15H12Cl2N2O2. The molecule has 6 heteroatoms. The maximum absolute atomic E-state index is 11.8. The number of hydrogen-bond acceptors (Lipinski definition) is 3. The van der Waals surface area contributed by atoms with Gasteiger partial charge in [-0.25, -0.2) is 5.43 Å². The van der Waals surface area contributed by atoms with Crippen LogP contribution in [0.5, 0.6) is 5.75 Å². The molecule has 2 aromatic carbocycles. The highest BCUT2D eigenvalue weighted by molar-refractivity contribution is 6.36. The first-order chi connectivity index (χ1) is 9.97. The summed E-state index contributed by atoms with van der Waals surface area (Å²) in [7, 11) is 0. The maximum atomic E-state index is 11.8. The van der Waals surface area contributed by atoms with Crippen molar-refractivity contribution in [2.45, 2.75) is 6.92 Å². The van der Waals surface area contributed by atoms with Crippen LogP contribution in [0, 0.1) is 6.92 Å². The largest absolute Gasteiger partial charge is 0.506 e. The Labute approximate surface area is 132 Å². The number of halogens is 2.